The largest absolute Gasteiger partial charge is 1.00 e. The molecule has 3 saturated heterocycles. The van der Waals surface area contributed by atoms with Crippen molar-refractivity contribution in [3.05, 3.63) is 34.2 Å². The monoisotopic (exact) mass is 551 g/mol. The number of carbonyl (C=O) groups excluding carboxylic acids is 2. The predicted molar refractivity (Wildman–Crippen MR) is 126 cm³/mol. The lowest BCUT2D eigenvalue weighted by molar-refractivity contribution is -0.939. The van der Waals surface area contributed by atoms with Crippen LogP contribution in [0.1, 0.15) is 61.9 Å². The highest BCUT2D eigenvalue weighted by Crippen LogP contribution is 2.43. The molecule has 1 unspecified atom stereocenters. The van der Waals surface area contributed by atoms with Crippen LogP contribution in [0, 0.1) is 12.8 Å². The fourth-order valence-corrected chi connectivity index (χ4v) is 7.14. The molecule has 0 spiro atoms. The van der Waals surface area contributed by atoms with E-state index in [1.165, 1.54) is 12.8 Å². The fraction of sp³-hybridized carbons (Fsp3) is 0.640. The summed E-state index contributed by atoms with van der Waals surface area (Å²) in [6.45, 7) is 4.83. The van der Waals surface area contributed by atoms with Gasteiger partial charge in [-0.3, -0.25) is 14.9 Å². The molecular weight excluding hydrogens is 518 g/mol. The molecule has 0 radical (unpaired) electrons. The van der Waals surface area contributed by atoms with E-state index in [1.807, 2.05) is 13.0 Å². The lowest BCUT2D eigenvalue weighted by Gasteiger charge is -2.51. The number of hydrogen-bond donors (Lipinski definition) is 1. The average Bonchev–Trinajstić information content (AvgIpc) is 3.41. The highest BCUT2D eigenvalue weighted by molar-refractivity contribution is 7.10. The number of aryl methyl sites for hydroxylation is 1. The summed E-state index contributed by atoms with van der Waals surface area (Å²) < 4.78 is 12.2. The Hall–Kier alpha value is -1.71. The summed E-state index contributed by atoms with van der Waals surface area (Å²) in [4.78, 5) is 27.7. The fourth-order valence-electron chi connectivity index (χ4n) is 6.17. The SMILES string of the molecule is Cc1cc(NC(=O)C[N+]23CCC(CC2)C(OC(=O)C2(c4cccs4)CCCCCC2)C3)on1.[Br-]. The van der Waals surface area contributed by atoms with Crippen molar-refractivity contribution in [1.29, 1.82) is 0 Å². The smallest absolute Gasteiger partial charge is 0.317 e. The number of anilines is 1. The van der Waals surface area contributed by atoms with E-state index >= 15 is 0 Å². The van der Waals surface area contributed by atoms with E-state index in [2.05, 4.69) is 21.9 Å². The molecule has 2 aromatic heterocycles. The van der Waals surface area contributed by atoms with Gasteiger partial charge in [0, 0.05) is 29.7 Å². The van der Waals surface area contributed by atoms with Crippen molar-refractivity contribution in [2.45, 2.75) is 69.8 Å². The molecule has 2 bridgehead atoms. The minimum absolute atomic E-state index is 0. The van der Waals surface area contributed by atoms with Crippen molar-refractivity contribution in [2.75, 3.05) is 31.5 Å². The minimum Gasteiger partial charge on any atom is -1.00 e. The van der Waals surface area contributed by atoms with Crippen molar-refractivity contribution in [3.8, 4) is 0 Å². The summed E-state index contributed by atoms with van der Waals surface area (Å²) in [5.41, 5.74) is 0.240. The zero-order valence-electron chi connectivity index (χ0n) is 19.8. The van der Waals surface area contributed by atoms with Gasteiger partial charge < -0.3 is 30.7 Å². The third kappa shape index (κ3) is 5.11. The van der Waals surface area contributed by atoms with Crippen molar-refractivity contribution in [2.24, 2.45) is 5.92 Å². The molecule has 2 aromatic rings. The standard InChI is InChI=1S/C25H33N3O4S.BrH/c1-18-15-23(32-27-18)26-22(29)17-28-12-8-19(9-13-28)20(16-28)31-24(30)25(21-7-6-14-33-21)10-4-2-3-5-11-25;/h6-7,14-15,19-20H,2-5,8-13,16-17H2,1H3;1H. The predicted octanol–water partition coefficient (Wildman–Crippen LogP) is 1.43. The summed E-state index contributed by atoms with van der Waals surface area (Å²) in [6, 6.07) is 5.88. The number of rotatable bonds is 6. The average molecular weight is 553 g/mol. The number of ether oxygens (including phenoxy) is 1. The normalized spacial score (nSPS) is 27.9. The number of carbonyl (C=O) groups is 2. The number of nitrogens with one attached hydrogen (secondary N) is 1. The third-order valence-electron chi connectivity index (χ3n) is 8.01. The zero-order valence-corrected chi connectivity index (χ0v) is 22.2. The van der Waals surface area contributed by atoms with Crippen LogP contribution in [0.4, 0.5) is 5.88 Å². The maximum absolute atomic E-state index is 13.8. The summed E-state index contributed by atoms with van der Waals surface area (Å²) in [5, 5.41) is 8.74. The summed E-state index contributed by atoms with van der Waals surface area (Å²) in [6.07, 6.45) is 8.16. The second-order valence-corrected chi connectivity index (χ2v) is 11.2. The van der Waals surface area contributed by atoms with Crippen LogP contribution in [-0.2, 0) is 19.7 Å². The molecule has 6 rings (SSSR count). The molecule has 186 valence electrons. The lowest BCUT2D eigenvalue weighted by atomic mass is 9.78. The lowest BCUT2D eigenvalue weighted by Crippen LogP contribution is -3.00. The Labute approximate surface area is 215 Å². The molecule has 1 amide bonds. The number of hydrogen-bond acceptors (Lipinski definition) is 6. The number of amides is 1. The van der Waals surface area contributed by atoms with Gasteiger partial charge in [0.15, 0.2) is 12.6 Å². The van der Waals surface area contributed by atoms with Gasteiger partial charge in [0.1, 0.15) is 12.0 Å². The molecule has 4 fully saturated rings. The number of esters is 1. The molecular formula is C25H34BrN3O4S. The first-order chi connectivity index (χ1) is 16.0. The first kappa shape index (κ1) is 25.4. The van der Waals surface area contributed by atoms with Crippen molar-refractivity contribution in [1.82, 2.24) is 5.16 Å². The van der Waals surface area contributed by atoms with Crippen LogP contribution >= 0.6 is 11.3 Å². The molecule has 5 heterocycles. The third-order valence-corrected chi connectivity index (χ3v) is 9.08. The van der Waals surface area contributed by atoms with E-state index in [-0.39, 0.29) is 35.0 Å². The van der Waals surface area contributed by atoms with Gasteiger partial charge in [-0.05, 0) is 31.2 Å². The van der Waals surface area contributed by atoms with Gasteiger partial charge in [-0.2, -0.15) is 0 Å². The maximum Gasteiger partial charge on any atom is 0.317 e. The van der Waals surface area contributed by atoms with Gasteiger partial charge in [0.25, 0.3) is 5.91 Å². The number of piperidine rings is 3. The number of thiophene rings is 1. The van der Waals surface area contributed by atoms with Gasteiger partial charge in [-0.15, -0.1) is 11.3 Å². The Kier molecular flexibility index (Phi) is 7.84. The Balaban J connectivity index is 0.00000274. The minimum atomic E-state index is -0.497. The Morgan fingerprint density at radius 2 is 1.97 bits per heavy atom. The summed E-state index contributed by atoms with van der Waals surface area (Å²) >= 11 is 1.68. The number of aromatic nitrogens is 1. The molecule has 3 aliphatic heterocycles. The van der Waals surface area contributed by atoms with Crippen molar-refractivity contribution < 1.29 is 40.3 Å². The Morgan fingerprint density at radius 1 is 1.24 bits per heavy atom. The topological polar surface area (TPSA) is 81.4 Å². The van der Waals surface area contributed by atoms with Crippen LogP contribution in [0.25, 0.3) is 0 Å². The first-order valence-corrected chi connectivity index (χ1v) is 13.2. The van der Waals surface area contributed by atoms with Gasteiger partial charge >= 0.3 is 5.97 Å². The number of halogens is 1. The van der Waals surface area contributed by atoms with E-state index in [4.69, 9.17) is 9.26 Å². The number of quaternary nitrogens is 1. The van der Waals surface area contributed by atoms with Crippen LogP contribution in [-0.4, -0.2) is 53.8 Å². The van der Waals surface area contributed by atoms with Crippen LogP contribution in [0.5, 0.6) is 0 Å². The highest BCUT2D eigenvalue weighted by Gasteiger charge is 2.51. The van der Waals surface area contributed by atoms with E-state index in [9.17, 15) is 9.59 Å². The Morgan fingerprint density at radius 3 is 2.59 bits per heavy atom. The number of fused-ring (bicyclic) bond motifs is 3. The van der Waals surface area contributed by atoms with E-state index in [0.717, 1.165) is 68.7 Å². The molecule has 0 aromatic carbocycles. The highest BCUT2D eigenvalue weighted by atomic mass is 79.9. The van der Waals surface area contributed by atoms with E-state index in [1.54, 1.807) is 17.4 Å². The van der Waals surface area contributed by atoms with Crippen molar-refractivity contribution in [3.63, 3.8) is 0 Å². The van der Waals surface area contributed by atoms with E-state index in [0.29, 0.717) is 22.8 Å². The molecule has 1 aliphatic carbocycles. The zero-order chi connectivity index (χ0) is 22.9. The molecule has 4 aliphatic rings. The molecule has 7 nitrogen and oxygen atoms in total. The number of nitrogens with zero attached hydrogens (tertiary/aromatic N) is 2. The quantitative estimate of drug-likeness (QED) is 0.333. The van der Waals surface area contributed by atoms with E-state index < -0.39 is 5.41 Å². The summed E-state index contributed by atoms with van der Waals surface area (Å²) in [7, 11) is 0. The van der Waals surface area contributed by atoms with Crippen LogP contribution in [0.2, 0.25) is 0 Å². The van der Waals surface area contributed by atoms with Crippen LogP contribution < -0.4 is 22.3 Å². The molecule has 1 saturated carbocycles. The second kappa shape index (κ2) is 10.5. The van der Waals surface area contributed by atoms with Crippen LogP contribution in [0.3, 0.4) is 0 Å². The van der Waals surface area contributed by atoms with Gasteiger partial charge in [0.05, 0.1) is 18.8 Å². The summed E-state index contributed by atoms with van der Waals surface area (Å²) in [5.74, 6) is 0.678. The molecule has 34 heavy (non-hydrogen) atoms. The molecule has 1 atom stereocenters. The van der Waals surface area contributed by atoms with Gasteiger partial charge in [-0.25, -0.2) is 0 Å². The van der Waals surface area contributed by atoms with Crippen molar-refractivity contribution >= 4 is 29.1 Å². The van der Waals surface area contributed by atoms with Crippen LogP contribution in [0.15, 0.2) is 28.1 Å². The molecule has 1 N–H and O–H groups in total. The van der Waals surface area contributed by atoms with Gasteiger partial charge in [-0.1, -0.05) is 36.9 Å². The molecule has 9 heteroatoms. The van der Waals surface area contributed by atoms with Gasteiger partial charge in [0.2, 0.25) is 5.88 Å². The first-order valence-electron chi connectivity index (χ1n) is 12.3. The second-order valence-electron chi connectivity index (χ2n) is 10.3. The Bertz CT molecular complexity index is 976. The maximum atomic E-state index is 13.8.